The molecule has 0 fully saturated rings. The molecule has 0 saturated carbocycles. The molecule has 0 spiro atoms. The van der Waals surface area contributed by atoms with E-state index in [2.05, 4.69) is 20.8 Å². The van der Waals surface area contributed by atoms with Crippen molar-refractivity contribution in [2.75, 3.05) is 6.61 Å². The van der Waals surface area contributed by atoms with Crippen molar-refractivity contribution in [3.63, 3.8) is 0 Å². The molecule has 0 heterocycles. The molecule has 0 amide bonds. The predicted molar refractivity (Wildman–Crippen MR) is 91.4 cm³/mol. The van der Waals surface area contributed by atoms with E-state index < -0.39 is 0 Å². The maximum atomic E-state index is 5.77. The van der Waals surface area contributed by atoms with Crippen molar-refractivity contribution in [2.45, 2.75) is 117 Å². The maximum absolute atomic E-state index is 5.77. The first kappa shape index (κ1) is 20.0. The highest BCUT2D eigenvalue weighted by atomic mass is 16.5. The Morgan fingerprint density at radius 3 is 1.50 bits per heavy atom. The molecule has 0 rings (SSSR count). The largest absolute Gasteiger partial charge is 0.379 e. The van der Waals surface area contributed by atoms with E-state index in [-0.39, 0.29) is 0 Å². The lowest BCUT2D eigenvalue weighted by Gasteiger charge is -2.15. The topological polar surface area (TPSA) is 9.23 Å². The summed E-state index contributed by atoms with van der Waals surface area (Å²) in [4.78, 5) is 0. The molecule has 0 N–H and O–H groups in total. The first-order chi connectivity index (χ1) is 9.85. The van der Waals surface area contributed by atoms with Crippen molar-refractivity contribution in [3.05, 3.63) is 0 Å². The average molecular weight is 285 g/mol. The van der Waals surface area contributed by atoms with Crippen molar-refractivity contribution >= 4 is 0 Å². The summed E-state index contributed by atoms with van der Waals surface area (Å²) in [6, 6.07) is 0. The van der Waals surface area contributed by atoms with Crippen molar-refractivity contribution in [1.29, 1.82) is 0 Å². The standard InChI is InChI=1S/C19H40O/c1-4-7-8-9-10-11-12-13-14-15-16-18-19(17-5-2)20-6-3/h19H,4-18H2,1-3H3. The highest BCUT2D eigenvalue weighted by Gasteiger charge is 2.06. The number of rotatable bonds is 16. The Morgan fingerprint density at radius 2 is 1.05 bits per heavy atom. The van der Waals surface area contributed by atoms with Gasteiger partial charge in [0.1, 0.15) is 0 Å². The predicted octanol–water partition coefficient (Wildman–Crippen LogP) is 6.89. The smallest absolute Gasteiger partial charge is 0.0574 e. The van der Waals surface area contributed by atoms with Crippen LogP contribution < -0.4 is 0 Å². The number of unbranched alkanes of at least 4 members (excludes halogenated alkanes) is 10. The molecule has 1 heteroatoms. The van der Waals surface area contributed by atoms with Gasteiger partial charge < -0.3 is 4.74 Å². The van der Waals surface area contributed by atoms with Crippen molar-refractivity contribution in [1.82, 2.24) is 0 Å². The van der Waals surface area contributed by atoms with Gasteiger partial charge in [0.05, 0.1) is 6.10 Å². The van der Waals surface area contributed by atoms with E-state index in [4.69, 9.17) is 4.74 Å². The molecule has 0 radical (unpaired) electrons. The van der Waals surface area contributed by atoms with Crippen LogP contribution in [0.15, 0.2) is 0 Å². The lowest BCUT2D eigenvalue weighted by molar-refractivity contribution is 0.0484. The Morgan fingerprint density at radius 1 is 0.550 bits per heavy atom. The van der Waals surface area contributed by atoms with E-state index in [9.17, 15) is 0 Å². The van der Waals surface area contributed by atoms with Gasteiger partial charge in [-0.25, -0.2) is 0 Å². The van der Waals surface area contributed by atoms with E-state index in [1.54, 1.807) is 0 Å². The van der Waals surface area contributed by atoms with Gasteiger partial charge in [-0.15, -0.1) is 0 Å². The summed E-state index contributed by atoms with van der Waals surface area (Å²) in [6.45, 7) is 7.54. The molecule has 0 aliphatic heterocycles. The molecule has 0 aliphatic rings. The SMILES string of the molecule is CCCCCCCCCCCCCC(CCC)OCC. The average Bonchev–Trinajstić information content (AvgIpc) is 2.45. The Kier molecular flexibility index (Phi) is 17.0. The second kappa shape index (κ2) is 17.0. The molecule has 122 valence electrons. The van der Waals surface area contributed by atoms with Crippen LogP contribution >= 0.6 is 0 Å². The Labute approximate surface area is 128 Å². The van der Waals surface area contributed by atoms with Crippen LogP contribution in [0, 0.1) is 0 Å². The van der Waals surface area contributed by atoms with Crippen LogP contribution in [0.2, 0.25) is 0 Å². The Hall–Kier alpha value is -0.0400. The van der Waals surface area contributed by atoms with Gasteiger partial charge in [-0.2, -0.15) is 0 Å². The summed E-state index contributed by atoms with van der Waals surface area (Å²) in [5.41, 5.74) is 0. The first-order valence-corrected chi connectivity index (χ1v) is 9.46. The molecule has 0 bridgehead atoms. The second-order valence-electron chi connectivity index (χ2n) is 6.19. The van der Waals surface area contributed by atoms with Crippen LogP contribution in [0.4, 0.5) is 0 Å². The fourth-order valence-electron chi connectivity index (χ4n) is 2.90. The highest BCUT2D eigenvalue weighted by molar-refractivity contribution is 4.58. The van der Waals surface area contributed by atoms with Crippen molar-refractivity contribution < 1.29 is 4.74 Å². The van der Waals surface area contributed by atoms with Gasteiger partial charge in [-0.1, -0.05) is 90.9 Å². The van der Waals surface area contributed by atoms with Gasteiger partial charge in [-0.05, 0) is 19.8 Å². The molecule has 1 nitrogen and oxygen atoms in total. The summed E-state index contributed by atoms with van der Waals surface area (Å²) >= 11 is 0. The van der Waals surface area contributed by atoms with Gasteiger partial charge >= 0.3 is 0 Å². The maximum Gasteiger partial charge on any atom is 0.0574 e. The van der Waals surface area contributed by atoms with Crippen molar-refractivity contribution in [3.8, 4) is 0 Å². The molecular formula is C19H40O. The van der Waals surface area contributed by atoms with Crippen LogP contribution in [0.1, 0.15) is 111 Å². The molecule has 0 aromatic rings. The monoisotopic (exact) mass is 284 g/mol. The summed E-state index contributed by atoms with van der Waals surface area (Å²) < 4.78 is 5.77. The van der Waals surface area contributed by atoms with Crippen LogP contribution in [-0.4, -0.2) is 12.7 Å². The minimum absolute atomic E-state index is 0.531. The van der Waals surface area contributed by atoms with Crippen LogP contribution in [0.5, 0.6) is 0 Å². The Balaban J connectivity index is 3.18. The van der Waals surface area contributed by atoms with Gasteiger partial charge in [0, 0.05) is 6.61 Å². The summed E-state index contributed by atoms with van der Waals surface area (Å²) in [5.74, 6) is 0. The van der Waals surface area contributed by atoms with Crippen LogP contribution in [0.3, 0.4) is 0 Å². The van der Waals surface area contributed by atoms with E-state index in [0.717, 1.165) is 6.61 Å². The molecule has 0 saturated heterocycles. The van der Waals surface area contributed by atoms with E-state index in [1.165, 1.54) is 89.9 Å². The Bertz CT molecular complexity index is 161. The zero-order chi connectivity index (χ0) is 14.9. The third-order valence-corrected chi connectivity index (χ3v) is 4.14. The third kappa shape index (κ3) is 14.4. The molecule has 1 unspecified atom stereocenters. The first-order valence-electron chi connectivity index (χ1n) is 9.46. The zero-order valence-corrected chi connectivity index (χ0v) is 14.6. The fourth-order valence-corrected chi connectivity index (χ4v) is 2.90. The summed E-state index contributed by atoms with van der Waals surface area (Å²) in [5, 5.41) is 0. The lowest BCUT2D eigenvalue weighted by atomic mass is 10.0. The van der Waals surface area contributed by atoms with Crippen LogP contribution in [0.25, 0.3) is 0 Å². The fraction of sp³-hybridized carbons (Fsp3) is 1.00. The molecule has 1 atom stereocenters. The summed E-state index contributed by atoms with van der Waals surface area (Å²) in [6.07, 6.45) is 20.0. The number of ether oxygens (including phenoxy) is 1. The second-order valence-corrected chi connectivity index (χ2v) is 6.19. The van der Waals surface area contributed by atoms with Gasteiger partial charge in [0.15, 0.2) is 0 Å². The molecule has 0 aromatic heterocycles. The summed E-state index contributed by atoms with van der Waals surface area (Å²) in [7, 11) is 0. The molecule has 0 aliphatic carbocycles. The zero-order valence-electron chi connectivity index (χ0n) is 14.6. The number of hydrogen-bond acceptors (Lipinski definition) is 1. The number of hydrogen-bond donors (Lipinski definition) is 0. The normalized spacial score (nSPS) is 12.8. The minimum atomic E-state index is 0.531. The molecule has 20 heavy (non-hydrogen) atoms. The van der Waals surface area contributed by atoms with Gasteiger partial charge in [0.25, 0.3) is 0 Å². The molecule has 0 aromatic carbocycles. The van der Waals surface area contributed by atoms with E-state index in [1.807, 2.05) is 0 Å². The van der Waals surface area contributed by atoms with Crippen LogP contribution in [-0.2, 0) is 4.74 Å². The van der Waals surface area contributed by atoms with E-state index in [0.29, 0.717) is 6.10 Å². The highest BCUT2D eigenvalue weighted by Crippen LogP contribution is 2.15. The van der Waals surface area contributed by atoms with E-state index >= 15 is 0 Å². The van der Waals surface area contributed by atoms with Gasteiger partial charge in [-0.3, -0.25) is 0 Å². The quantitative estimate of drug-likeness (QED) is 0.280. The third-order valence-electron chi connectivity index (χ3n) is 4.14. The molecular weight excluding hydrogens is 244 g/mol. The minimum Gasteiger partial charge on any atom is -0.379 e. The van der Waals surface area contributed by atoms with Crippen molar-refractivity contribution in [2.24, 2.45) is 0 Å². The van der Waals surface area contributed by atoms with Gasteiger partial charge in [0.2, 0.25) is 0 Å². The lowest BCUT2D eigenvalue weighted by Crippen LogP contribution is -2.12.